The van der Waals surface area contributed by atoms with E-state index in [1.807, 2.05) is 0 Å². The SMILES string of the molecule is CCC1CC(C)CC1CCCC(C)C. The molecule has 0 aromatic rings. The van der Waals surface area contributed by atoms with Crippen molar-refractivity contribution in [1.82, 2.24) is 0 Å². The molecule has 3 atom stereocenters. The summed E-state index contributed by atoms with van der Waals surface area (Å²) in [7, 11) is 0. The second-order valence-corrected chi connectivity index (χ2v) is 5.83. The van der Waals surface area contributed by atoms with Crippen molar-refractivity contribution in [2.75, 3.05) is 0 Å². The third kappa shape index (κ3) is 3.63. The van der Waals surface area contributed by atoms with Crippen molar-refractivity contribution in [2.45, 2.75) is 66.2 Å². The Labute approximate surface area is 90.5 Å². The van der Waals surface area contributed by atoms with Crippen LogP contribution in [-0.2, 0) is 0 Å². The van der Waals surface area contributed by atoms with E-state index in [1.54, 1.807) is 0 Å². The highest BCUT2D eigenvalue weighted by molar-refractivity contribution is 4.80. The zero-order valence-electron chi connectivity index (χ0n) is 10.6. The van der Waals surface area contributed by atoms with Crippen molar-refractivity contribution in [3.63, 3.8) is 0 Å². The van der Waals surface area contributed by atoms with Crippen molar-refractivity contribution >= 4 is 0 Å². The molecule has 0 aromatic heterocycles. The van der Waals surface area contributed by atoms with E-state index >= 15 is 0 Å². The molecular formula is C14H28. The fraction of sp³-hybridized carbons (Fsp3) is 1.00. The van der Waals surface area contributed by atoms with Gasteiger partial charge in [-0.05, 0) is 36.5 Å². The van der Waals surface area contributed by atoms with Crippen molar-refractivity contribution in [3.8, 4) is 0 Å². The Kier molecular flexibility index (Phi) is 4.98. The van der Waals surface area contributed by atoms with Crippen LogP contribution in [0.4, 0.5) is 0 Å². The van der Waals surface area contributed by atoms with Crippen LogP contribution >= 0.6 is 0 Å². The van der Waals surface area contributed by atoms with E-state index in [0.717, 1.165) is 23.7 Å². The van der Waals surface area contributed by atoms with Gasteiger partial charge in [0, 0.05) is 0 Å². The topological polar surface area (TPSA) is 0 Å². The standard InChI is InChI=1S/C14H28/c1-5-13-9-12(4)10-14(13)8-6-7-11(2)3/h11-14H,5-10H2,1-4H3. The molecule has 0 bridgehead atoms. The molecule has 0 saturated heterocycles. The molecular weight excluding hydrogens is 168 g/mol. The van der Waals surface area contributed by atoms with Gasteiger partial charge < -0.3 is 0 Å². The van der Waals surface area contributed by atoms with E-state index in [9.17, 15) is 0 Å². The summed E-state index contributed by atoms with van der Waals surface area (Å²) in [6, 6.07) is 0. The molecule has 1 aliphatic carbocycles. The fourth-order valence-electron chi connectivity index (χ4n) is 3.16. The molecule has 84 valence electrons. The lowest BCUT2D eigenvalue weighted by Crippen LogP contribution is -2.06. The van der Waals surface area contributed by atoms with Gasteiger partial charge in [0.15, 0.2) is 0 Å². The molecule has 0 radical (unpaired) electrons. The predicted molar refractivity (Wildman–Crippen MR) is 64.4 cm³/mol. The minimum atomic E-state index is 0.897. The van der Waals surface area contributed by atoms with Crippen molar-refractivity contribution in [1.29, 1.82) is 0 Å². The highest BCUT2D eigenvalue weighted by Crippen LogP contribution is 2.40. The molecule has 0 N–H and O–H groups in total. The Morgan fingerprint density at radius 1 is 1.14 bits per heavy atom. The van der Waals surface area contributed by atoms with Crippen LogP contribution in [-0.4, -0.2) is 0 Å². The zero-order valence-corrected chi connectivity index (χ0v) is 10.6. The minimum absolute atomic E-state index is 0.897. The van der Waals surface area contributed by atoms with E-state index in [2.05, 4.69) is 27.7 Å². The van der Waals surface area contributed by atoms with Crippen molar-refractivity contribution < 1.29 is 0 Å². The molecule has 1 fully saturated rings. The van der Waals surface area contributed by atoms with Gasteiger partial charge in [0.25, 0.3) is 0 Å². The molecule has 1 rings (SSSR count). The van der Waals surface area contributed by atoms with Crippen LogP contribution in [0.3, 0.4) is 0 Å². The van der Waals surface area contributed by atoms with Crippen LogP contribution in [0.1, 0.15) is 66.2 Å². The van der Waals surface area contributed by atoms with Crippen LogP contribution < -0.4 is 0 Å². The van der Waals surface area contributed by atoms with E-state index in [1.165, 1.54) is 38.5 Å². The monoisotopic (exact) mass is 196 g/mol. The molecule has 14 heavy (non-hydrogen) atoms. The van der Waals surface area contributed by atoms with Crippen LogP contribution in [0, 0.1) is 23.7 Å². The summed E-state index contributed by atoms with van der Waals surface area (Å²) < 4.78 is 0. The Hall–Kier alpha value is 0. The van der Waals surface area contributed by atoms with Crippen molar-refractivity contribution in [3.05, 3.63) is 0 Å². The van der Waals surface area contributed by atoms with E-state index in [0.29, 0.717) is 0 Å². The van der Waals surface area contributed by atoms with E-state index in [4.69, 9.17) is 0 Å². The third-order valence-corrected chi connectivity index (χ3v) is 3.96. The first-order chi connectivity index (χ1) is 6.63. The second kappa shape index (κ2) is 5.78. The summed E-state index contributed by atoms with van der Waals surface area (Å²) in [5, 5.41) is 0. The first-order valence-electron chi connectivity index (χ1n) is 6.63. The van der Waals surface area contributed by atoms with Gasteiger partial charge in [-0.1, -0.05) is 53.4 Å². The van der Waals surface area contributed by atoms with Crippen molar-refractivity contribution in [2.24, 2.45) is 23.7 Å². The maximum atomic E-state index is 2.44. The first kappa shape index (κ1) is 12.1. The second-order valence-electron chi connectivity index (χ2n) is 5.83. The van der Waals surface area contributed by atoms with Gasteiger partial charge in [0.05, 0.1) is 0 Å². The molecule has 0 spiro atoms. The summed E-state index contributed by atoms with van der Waals surface area (Å²) in [6.07, 6.45) is 8.82. The molecule has 3 unspecified atom stereocenters. The molecule has 0 heteroatoms. The Morgan fingerprint density at radius 3 is 2.36 bits per heavy atom. The van der Waals surface area contributed by atoms with E-state index < -0.39 is 0 Å². The Morgan fingerprint density at radius 2 is 1.79 bits per heavy atom. The molecule has 0 aromatic carbocycles. The summed E-state index contributed by atoms with van der Waals surface area (Å²) in [5.41, 5.74) is 0. The molecule has 0 aliphatic heterocycles. The highest BCUT2D eigenvalue weighted by atomic mass is 14.3. The lowest BCUT2D eigenvalue weighted by Gasteiger charge is -2.17. The Bertz CT molecular complexity index is 148. The summed E-state index contributed by atoms with van der Waals surface area (Å²) in [5.74, 6) is 4.02. The average Bonchev–Trinajstić information content (AvgIpc) is 2.45. The maximum absolute atomic E-state index is 2.44. The predicted octanol–water partition coefficient (Wildman–Crippen LogP) is 4.89. The van der Waals surface area contributed by atoms with Gasteiger partial charge in [-0.25, -0.2) is 0 Å². The van der Waals surface area contributed by atoms with E-state index in [-0.39, 0.29) is 0 Å². The molecule has 1 saturated carbocycles. The molecule has 0 heterocycles. The Balaban J connectivity index is 2.22. The van der Waals surface area contributed by atoms with Crippen LogP contribution in [0.15, 0.2) is 0 Å². The normalized spacial score (nSPS) is 32.8. The number of hydrogen-bond donors (Lipinski definition) is 0. The van der Waals surface area contributed by atoms with Gasteiger partial charge >= 0.3 is 0 Å². The lowest BCUT2D eigenvalue weighted by atomic mass is 9.88. The fourth-order valence-corrected chi connectivity index (χ4v) is 3.16. The van der Waals surface area contributed by atoms with Gasteiger partial charge in [0.1, 0.15) is 0 Å². The summed E-state index contributed by atoms with van der Waals surface area (Å²) in [4.78, 5) is 0. The molecule has 0 amide bonds. The average molecular weight is 196 g/mol. The van der Waals surface area contributed by atoms with Gasteiger partial charge in [-0.2, -0.15) is 0 Å². The van der Waals surface area contributed by atoms with Crippen LogP contribution in [0.25, 0.3) is 0 Å². The quantitative estimate of drug-likeness (QED) is 0.587. The van der Waals surface area contributed by atoms with Crippen LogP contribution in [0.5, 0.6) is 0 Å². The molecule has 1 aliphatic rings. The van der Waals surface area contributed by atoms with Gasteiger partial charge in [-0.15, -0.1) is 0 Å². The molecule has 0 nitrogen and oxygen atoms in total. The summed E-state index contributed by atoms with van der Waals surface area (Å²) in [6.45, 7) is 9.49. The highest BCUT2D eigenvalue weighted by Gasteiger charge is 2.29. The first-order valence-corrected chi connectivity index (χ1v) is 6.63. The number of hydrogen-bond acceptors (Lipinski definition) is 0. The largest absolute Gasteiger partial charge is 0.0651 e. The summed E-state index contributed by atoms with van der Waals surface area (Å²) >= 11 is 0. The zero-order chi connectivity index (χ0) is 10.6. The lowest BCUT2D eigenvalue weighted by molar-refractivity contribution is 0.336. The van der Waals surface area contributed by atoms with Gasteiger partial charge in [-0.3, -0.25) is 0 Å². The van der Waals surface area contributed by atoms with Gasteiger partial charge in [0.2, 0.25) is 0 Å². The minimum Gasteiger partial charge on any atom is -0.0651 e. The number of rotatable bonds is 5. The van der Waals surface area contributed by atoms with Crippen LogP contribution in [0.2, 0.25) is 0 Å². The smallest absolute Gasteiger partial charge is 0.0383 e. The third-order valence-electron chi connectivity index (χ3n) is 3.96. The maximum Gasteiger partial charge on any atom is -0.0383 e.